The molecule has 2 aromatic carbocycles. The van der Waals surface area contributed by atoms with E-state index in [1.807, 2.05) is 24.3 Å². The summed E-state index contributed by atoms with van der Waals surface area (Å²) in [6.07, 6.45) is 0. The molecule has 2 N–H and O–H groups in total. The van der Waals surface area contributed by atoms with Crippen LogP contribution < -0.4 is 5.73 Å². The summed E-state index contributed by atoms with van der Waals surface area (Å²) in [6, 6.07) is 14.3. The van der Waals surface area contributed by atoms with Crippen molar-refractivity contribution in [3.63, 3.8) is 0 Å². The highest BCUT2D eigenvalue weighted by molar-refractivity contribution is 6.28. The molecule has 0 aliphatic heterocycles. The van der Waals surface area contributed by atoms with Crippen LogP contribution in [-0.4, -0.2) is 11.7 Å². The maximum atomic E-state index is 5.72. The number of amidine groups is 1. The van der Waals surface area contributed by atoms with Gasteiger partial charge in [0.2, 0.25) is 0 Å². The normalized spacial score (nSPS) is 11.6. The fraction of sp³-hybridized carbons (Fsp3) is 0.188. The smallest absolute Gasteiger partial charge is 0.115 e. The van der Waals surface area contributed by atoms with E-state index >= 15 is 0 Å². The van der Waals surface area contributed by atoms with Crippen LogP contribution >= 0.6 is 11.6 Å². The topological polar surface area (TPSA) is 38.4 Å². The molecule has 98 valence electrons. The number of halogens is 1. The van der Waals surface area contributed by atoms with Gasteiger partial charge in [0.05, 0.1) is 11.6 Å². The van der Waals surface area contributed by atoms with Gasteiger partial charge in [0.25, 0.3) is 0 Å². The lowest BCUT2D eigenvalue weighted by molar-refractivity contribution is 1.34. The van der Waals surface area contributed by atoms with Crippen molar-refractivity contribution < 1.29 is 0 Å². The van der Waals surface area contributed by atoms with E-state index in [2.05, 4.69) is 37.0 Å². The summed E-state index contributed by atoms with van der Waals surface area (Å²) in [7, 11) is 0. The number of nitrogens with zero attached hydrogens (tertiary/aromatic N) is 1. The van der Waals surface area contributed by atoms with Crippen molar-refractivity contribution in [2.24, 2.45) is 10.7 Å². The molecule has 0 saturated heterocycles. The molecule has 0 bridgehead atoms. The Morgan fingerprint density at radius 3 is 2.53 bits per heavy atom. The summed E-state index contributed by atoms with van der Waals surface area (Å²) in [5, 5.41) is 0. The van der Waals surface area contributed by atoms with Crippen LogP contribution in [0.4, 0.5) is 5.69 Å². The van der Waals surface area contributed by atoms with Crippen LogP contribution in [0.25, 0.3) is 11.1 Å². The van der Waals surface area contributed by atoms with Crippen molar-refractivity contribution in [2.45, 2.75) is 13.8 Å². The standard InChI is InChI=1S/C16H17ClN2/c1-11-7-8-13(9-12(11)2)14-5-3-4-6-15(14)19-16(18)10-17/h3-9H,10H2,1-2H3,(H2,18,19). The molecular formula is C16H17ClN2. The predicted octanol–water partition coefficient (Wildman–Crippen LogP) is 4.20. The number of hydrogen-bond acceptors (Lipinski definition) is 1. The van der Waals surface area contributed by atoms with Gasteiger partial charge in [0, 0.05) is 5.56 Å². The molecule has 3 heteroatoms. The molecule has 0 saturated carbocycles. The number of para-hydroxylation sites is 1. The summed E-state index contributed by atoms with van der Waals surface area (Å²) < 4.78 is 0. The lowest BCUT2D eigenvalue weighted by Gasteiger charge is -2.09. The molecule has 0 aliphatic rings. The second-order valence-electron chi connectivity index (χ2n) is 4.55. The van der Waals surface area contributed by atoms with Gasteiger partial charge in [-0.1, -0.05) is 36.4 Å². The van der Waals surface area contributed by atoms with E-state index in [-0.39, 0.29) is 5.88 Å². The second-order valence-corrected chi connectivity index (χ2v) is 4.82. The first-order valence-corrected chi connectivity index (χ1v) is 6.71. The molecule has 0 atom stereocenters. The molecule has 2 nitrogen and oxygen atoms in total. The van der Waals surface area contributed by atoms with E-state index in [4.69, 9.17) is 17.3 Å². The molecule has 0 unspecified atom stereocenters. The summed E-state index contributed by atoms with van der Waals surface area (Å²) in [5.74, 6) is 0.666. The minimum atomic E-state index is 0.237. The van der Waals surface area contributed by atoms with E-state index in [1.165, 1.54) is 11.1 Å². The van der Waals surface area contributed by atoms with Gasteiger partial charge in [-0.25, -0.2) is 4.99 Å². The van der Waals surface area contributed by atoms with Crippen molar-refractivity contribution in [2.75, 3.05) is 5.88 Å². The maximum absolute atomic E-state index is 5.72. The molecule has 0 spiro atoms. The molecule has 0 amide bonds. The van der Waals surface area contributed by atoms with Gasteiger partial charge in [0.15, 0.2) is 0 Å². The van der Waals surface area contributed by atoms with Crippen molar-refractivity contribution in [3.05, 3.63) is 53.6 Å². The van der Waals surface area contributed by atoms with Crippen molar-refractivity contribution in [1.29, 1.82) is 0 Å². The van der Waals surface area contributed by atoms with Crippen molar-refractivity contribution >= 4 is 23.1 Å². The van der Waals surface area contributed by atoms with Crippen LogP contribution in [0.3, 0.4) is 0 Å². The number of rotatable bonds is 3. The molecular weight excluding hydrogens is 256 g/mol. The monoisotopic (exact) mass is 272 g/mol. The highest BCUT2D eigenvalue weighted by Crippen LogP contribution is 2.31. The van der Waals surface area contributed by atoms with Gasteiger partial charge in [-0.3, -0.25) is 0 Å². The van der Waals surface area contributed by atoms with Crippen LogP contribution in [0.15, 0.2) is 47.5 Å². The third-order valence-corrected chi connectivity index (χ3v) is 3.40. The zero-order valence-corrected chi connectivity index (χ0v) is 11.9. The van der Waals surface area contributed by atoms with Gasteiger partial charge in [0.1, 0.15) is 5.84 Å². The Balaban J connectivity index is 2.53. The molecule has 0 heterocycles. The van der Waals surface area contributed by atoms with E-state index in [1.54, 1.807) is 0 Å². The highest BCUT2D eigenvalue weighted by atomic mass is 35.5. The molecule has 0 fully saturated rings. The molecule has 0 aliphatic carbocycles. The van der Waals surface area contributed by atoms with Gasteiger partial charge < -0.3 is 5.73 Å². The van der Waals surface area contributed by atoms with E-state index in [0.29, 0.717) is 5.84 Å². The van der Waals surface area contributed by atoms with Gasteiger partial charge in [-0.05, 0) is 36.6 Å². The van der Waals surface area contributed by atoms with Crippen LogP contribution in [0, 0.1) is 13.8 Å². The number of hydrogen-bond donors (Lipinski definition) is 1. The molecule has 2 rings (SSSR count). The maximum Gasteiger partial charge on any atom is 0.115 e. The Labute approximate surface area is 118 Å². The third kappa shape index (κ3) is 3.15. The van der Waals surface area contributed by atoms with Gasteiger partial charge >= 0.3 is 0 Å². The van der Waals surface area contributed by atoms with Crippen LogP contribution in [0.1, 0.15) is 11.1 Å². The third-order valence-electron chi connectivity index (χ3n) is 3.12. The lowest BCUT2D eigenvalue weighted by atomic mass is 9.99. The van der Waals surface area contributed by atoms with E-state index < -0.39 is 0 Å². The predicted molar refractivity (Wildman–Crippen MR) is 83.4 cm³/mol. The summed E-state index contributed by atoms with van der Waals surface area (Å²) in [6.45, 7) is 4.21. The zero-order chi connectivity index (χ0) is 13.8. The van der Waals surface area contributed by atoms with Gasteiger partial charge in [-0.15, -0.1) is 11.6 Å². The first kappa shape index (κ1) is 13.6. The number of aliphatic imine (C=N–C) groups is 1. The van der Waals surface area contributed by atoms with Crippen LogP contribution in [0.5, 0.6) is 0 Å². The van der Waals surface area contributed by atoms with Crippen molar-refractivity contribution in [1.82, 2.24) is 0 Å². The average molecular weight is 273 g/mol. The first-order chi connectivity index (χ1) is 9.11. The van der Waals surface area contributed by atoms with E-state index in [0.717, 1.165) is 16.8 Å². The first-order valence-electron chi connectivity index (χ1n) is 6.17. The summed E-state index contributed by atoms with van der Waals surface area (Å²) in [4.78, 5) is 4.37. The Morgan fingerprint density at radius 1 is 1.11 bits per heavy atom. The fourth-order valence-corrected chi connectivity index (χ4v) is 1.97. The number of benzene rings is 2. The molecule has 0 radical (unpaired) electrons. The number of aryl methyl sites for hydroxylation is 2. The van der Waals surface area contributed by atoms with Gasteiger partial charge in [-0.2, -0.15) is 0 Å². The molecule has 0 aromatic heterocycles. The summed E-state index contributed by atoms with van der Waals surface area (Å²) >= 11 is 5.69. The van der Waals surface area contributed by atoms with Crippen LogP contribution in [0.2, 0.25) is 0 Å². The summed E-state index contributed by atoms with van der Waals surface area (Å²) in [5.41, 5.74) is 11.3. The highest BCUT2D eigenvalue weighted by Gasteiger charge is 2.05. The van der Waals surface area contributed by atoms with Crippen LogP contribution in [-0.2, 0) is 0 Å². The van der Waals surface area contributed by atoms with Crippen molar-refractivity contribution in [3.8, 4) is 11.1 Å². The lowest BCUT2D eigenvalue weighted by Crippen LogP contribution is -2.12. The SMILES string of the molecule is Cc1ccc(-c2ccccc2N=C(N)CCl)cc1C. The Kier molecular flexibility index (Phi) is 4.23. The Morgan fingerprint density at radius 2 is 1.84 bits per heavy atom. The second kappa shape index (κ2) is 5.89. The Bertz CT molecular complexity index is 618. The zero-order valence-electron chi connectivity index (χ0n) is 11.2. The fourth-order valence-electron chi connectivity index (χ4n) is 1.91. The minimum absolute atomic E-state index is 0.237. The number of nitrogens with two attached hydrogens (primary N) is 1. The van der Waals surface area contributed by atoms with E-state index in [9.17, 15) is 0 Å². The largest absolute Gasteiger partial charge is 0.386 e. The Hall–Kier alpha value is -1.80. The number of alkyl halides is 1. The minimum Gasteiger partial charge on any atom is -0.386 e. The molecule has 2 aromatic rings. The average Bonchev–Trinajstić information content (AvgIpc) is 2.42. The quantitative estimate of drug-likeness (QED) is 0.508. The molecule has 19 heavy (non-hydrogen) atoms.